The molecule has 0 heterocycles. The second kappa shape index (κ2) is 10.2. The molecule has 7 heteroatoms. The third-order valence-corrected chi connectivity index (χ3v) is 4.93. The van der Waals surface area contributed by atoms with Crippen molar-refractivity contribution in [2.75, 3.05) is 0 Å². The minimum atomic E-state index is -1.28. The van der Waals surface area contributed by atoms with Crippen molar-refractivity contribution in [3.63, 3.8) is 0 Å². The summed E-state index contributed by atoms with van der Waals surface area (Å²) in [5.74, 6) is -0.0220. The van der Waals surface area contributed by atoms with Crippen LogP contribution >= 0.6 is 0 Å². The van der Waals surface area contributed by atoms with Crippen molar-refractivity contribution in [2.45, 2.75) is 64.6 Å². The average Bonchev–Trinajstić information content (AvgIpc) is 2.71. The average molecular weight is 430 g/mol. The maximum atomic E-state index is 11.5. The first-order valence-electron chi connectivity index (χ1n) is 10.3. The number of carbonyl (C=O) groups is 2. The van der Waals surface area contributed by atoms with E-state index in [1.54, 1.807) is 62.4 Å². The molecule has 2 atom stereocenters. The van der Waals surface area contributed by atoms with Crippen LogP contribution in [0.15, 0.2) is 48.5 Å². The lowest BCUT2D eigenvalue weighted by atomic mass is 10.0. The van der Waals surface area contributed by atoms with Gasteiger partial charge in [-0.1, -0.05) is 26.7 Å². The lowest BCUT2D eigenvalue weighted by Crippen LogP contribution is -2.41. The maximum absolute atomic E-state index is 11.5. The Labute approximate surface area is 182 Å². The number of benzene rings is 2. The first kappa shape index (κ1) is 24.1. The topological polar surface area (TPSA) is 102 Å². The van der Waals surface area contributed by atoms with Crippen molar-refractivity contribution in [2.24, 2.45) is 0 Å². The normalized spacial score (nSPS) is 14.7. The molecule has 0 saturated heterocycles. The van der Waals surface area contributed by atoms with Gasteiger partial charge in [-0.25, -0.2) is 9.59 Å². The van der Waals surface area contributed by atoms with Crippen LogP contribution in [-0.4, -0.2) is 33.4 Å². The van der Waals surface area contributed by atoms with Crippen LogP contribution in [0.25, 0.3) is 0 Å². The molecule has 0 aliphatic heterocycles. The van der Waals surface area contributed by atoms with Gasteiger partial charge in [-0.05, 0) is 75.2 Å². The Balaban J connectivity index is 2.04. The molecule has 2 aromatic carbocycles. The van der Waals surface area contributed by atoms with Gasteiger partial charge in [0.05, 0.1) is 0 Å². The Hall–Kier alpha value is -3.22. The summed E-state index contributed by atoms with van der Waals surface area (Å²) < 4.78 is 17.2. The molecule has 0 aliphatic rings. The number of rotatable bonds is 12. The van der Waals surface area contributed by atoms with Gasteiger partial charge in [-0.2, -0.15) is 0 Å². The lowest BCUT2D eigenvalue weighted by Gasteiger charge is -2.26. The maximum Gasteiger partial charge on any atom is 0.347 e. The minimum Gasteiger partial charge on any atom is -0.478 e. The molecule has 0 aliphatic carbocycles. The second-order valence-corrected chi connectivity index (χ2v) is 7.82. The molecular weight excluding hydrogens is 400 g/mol. The molecule has 31 heavy (non-hydrogen) atoms. The highest BCUT2D eigenvalue weighted by Gasteiger charge is 2.35. The summed E-state index contributed by atoms with van der Waals surface area (Å²) in [7, 11) is 0. The molecule has 0 spiro atoms. The molecule has 2 rings (SSSR count). The first-order valence-corrected chi connectivity index (χ1v) is 10.3. The van der Waals surface area contributed by atoms with E-state index >= 15 is 0 Å². The predicted molar refractivity (Wildman–Crippen MR) is 116 cm³/mol. The highest BCUT2D eigenvalue weighted by molar-refractivity contribution is 5.77. The van der Waals surface area contributed by atoms with Crippen LogP contribution in [0.1, 0.15) is 53.4 Å². The summed E-state index contributed by atoms with van der Waals surface area (Å²) in [4.78, 5) is 23.0. The summed E-state index contributed by atoms with van der Waals surface area (Å²) >= 11 is 0. The molecule has 168 valence electrons. The van der Waals surface area contributed by atoms with Crippen molar-refractivity contribution in [3.8, 4) is 23.0 Å². The standard InChI is InChI=1S/C24H30O7/c1-5-15-23(3,21(25)26)30-19-11-7-17(8-12-19)29-18-9-13-20(14-10-18)31-24(4,16-6-2)22(27)28/h7-14H,5-6,15-16H2,1-4H3,(H,25,26)(H,27,28). The van der Waals surface area contributed by atoms with Crippen LogP contribution in [0.4, 0.5) is 0 Å². The number of carboxylic acid groups (broad SMARTS) is 2. The Kier molecular flexibility index (Phi) is 7.91. The largest absolute Gasteiger partial charge is 0.478 e. The third-order valence-electron chi connectivity index (χ3n) is 4.93. The summed E-state index contributed by atoms with van der Waals surface area (Å²) in [6, 6.07) is 13.4. The van der Waals surface area contributed by atoms with E-state index in [4.69, 9.17) is 14.2 Å². The van der Waals surface area contributed by atoms with Gasteiger partial charge in [-0.3, -0.25) is 0 Å². The van der Waals surface area contributed by atoms with E-state index in [0.717, 1.165) is 0 Å². The van der Waals surface area contributed by atoms with Gasteiger partial charge in [0.25, 0.3) is 0 Å². The molecule has 0 fully saturated rings. The Morgan fingerprint density at radius 3 is 1.23 bits per heavy atom. The molecule has 0 amide bonds. The van der Waals surface area contributed by atoms with E-state index in [0.29, 0.717) is 48.7 Å². The van der Waals surface area contributed by atoms with Crippen LogP contribution in [0.5, 0.6) is 23.0 Å². The summed E-state index contributed by atoms with van der Waals surface area (Å²) in [6.45, 7) is 6.93. The van der Waals surface area contributed by atoms with Crippen molar-refractivity contribution in [1.29, 1.82) is 0 Å². The van der Waals surface area contributed by atoms with Crippen molar-refractivity contribution in [3.05, 3.63) is 48.5 Å². The smallest absolute Gasteiger partial charge is 0.347 e. The number of aliphatic carboxylic acids is 2. The number of hydrogen-bond acceptors (Lipinski definition) is 5. The molecular formula is C24H30O7. The fraction of sp³-hybridized carbons (Fsp3) is 0.417. The predicted octanol–water partition coefficient (Wildman–Crippen LogP) is 5.52. The zero-order valence-electron chi connectivity index (χ0n) is 18.4. The molecule has 0 radical (unpaired) electrons. The number of hydrogen-bond donors (Lipinski definition) is 2. The fourth-order valence-electron chi connectivity index (χ4n) is 3.17. The molecule has 0 saturated carbocycles. The summed E-state index contributed by atoms with van der Waals surface area (Å²) in [5, 5.41) is 18.9. The zero-order valence-corrected chi connectivity index (χ0v) is 18.4. The van der Waals surface area contributed by atoms with E-state index < -0.39 is 23.1 Å². The van der Waals surface area contributed by atoms with E-state index in [1.807, 2.05) is 13.8 Å². The van der Waals surface area contributed by atoms with Gasteiger partial charge in [0.1, 0.15) is 23.0 Å². The molecule has 2 aromatic rings. The van der Waals surface area contributed by atoms with Crippen molar-refractivity contribution in [1.82, 2.24) is 0 Å². The molecule has 0 aromatic heterocycles. The highest BCUT2D eigenvalue weighted by Crippen LogP contribution is 2.30. The van der Waals surface area contributed by atoms with E-state index in [1.165, 1.54) is 0 Å². The number of ether oxygens (including phenoxy) is 3. The summed E-state index contributed by atoms with van der Waals surface area (Å²) in [5.41, 5.74) is -2.57. The Morgan fingerprint density at radius 1 is 0.677 bits per heavy atom. The second-order valence-electron chi connectivity index (χ2n) is 7.82. The highest BCUT2D eigenvalue weighted by atomic mass is 16.5. The quantitative estimate of drug-likeness (QED) is 0.457. The van der Waals surface area contributed by atoms with Crippen LogP contribution in [0, 0.1) is 0 Å². The van der Waals surface area contributed by atoms with E-state index in [9.17, 15) is 19.8 Å². The van der Waals surface area contributed by atoms with Gasteiger partial charge >= 0.3 is 11.9 Å². The first-order chi connectivity index (χ1) is 14.6. The Bertz CT molecular complexity index is 802. The van der Waals surface area contributed by atoms with Gasteiger partial charge in [0, 0.05) is 0 Å². The molecule has 7 nitrogen and oxygen atoms in total. The van der Waals surface area contributed by atoms with Crippen LogP contribution in [0.3, 0.4) is 0 Å². The van der Waals surface area contributed by atoms with Crippen molar-refractivity contribution < 1.29 is 34.0 Å². The van der Waals surface area contributed by atoms with Gasteiger partial charge in [-0.15, -0.1) is 0 Å². The van der Waals surface area contributed by atoms with Gasteiger partial charge in [0.15, 0.2) is 0 Å². The van der Waals surface area contributed by atoms with Crippen LogP contribution in [0.2, 0.25) is 0 Å². The Morgan fingerprint density at radius 2 is 0.968 bits per heavy atom. The monoisotopic (exact) mass is 430 g/mol. The van der Waals surface area contributed by atoms with E-state index in [-0.39, 0.29) is 0 Å². The summed E-state index contributed by atoms with van der Waals surface area (Å²) in [6.07, 6.45) is 2.17. The van der Waals surface area contributed by atoms with Crippen molar-refractivity contribution >= 4 is 11.9 Å². The number of carboxylic acids is 2. The SMILES string of the molecule is CCCC(C)(Oc1ccc(Oc2ccc(OC(C)(CCC)C(=O)O)cc2)cc1)C(=O)O. The van der Waals surface area contributed by atoms with Gasteiger partial charge < -0.3 is 24.4 Å². The van der Waals surface area contributed by atoms with Crippen LogP contribution in [-0.2, 0) is 9.59 Å². The lowest BCUT2D eigenvalue weighted by molar-refractivity contribution is -0.155. The van der Waals surface area contributed by atoms with E-state index in [2.05, 4.69) is 0 Å². The minimum absolute atomic E-state index is 0.397. The van der Waals surface area contributed by atoms with Gasteiger partial charge in [0.2, 0.25) is 11.2 Å². The van der Waals surface area contributed by atoms with Crippen LogP contribution < -0.4 is 14.2 Å². The third kappa shape index (κ3) is 6.38. The fourth-order valence-corrected chi connectivity index (χ4v) is 3.17. The molecule has 2 N–H and O–H groups in total. The zero-order chi connectivity index (χ0) is 23.1. The molecule has 0 bridgehead atoms. The molecule has 2 unspecified atom stereocenters.